The molecule has 1 aliphatic rings. The molecule has 0 N–H and O–H groups in total. The smallest absolute Gasteiger partial charge is 0.257 e. The average molecular weight is 207 g/mol. The van der Waals surface area contributed by atoms with Crippen LogP contribution in [0.25, 0.3) is 0 Å². The SMILES string of the molecule is COc1cccc2c1OCCN(C)C2=O. The van der Waals surface area contributed by atoms with Crippen molar-refractivity contribution in [1.82, 2.24) is 4.90 Å². The lowest BCUT2D eigenvalue weighted by Crippen LogP contribution is -2.27. The van der Waals surface area contributed by atoms with Gasteiger partial charge in [-0.2, -0.15) is 0 Å². The maximum Gasteiger partial charge on any atom is 0.257 e. The van der Waals surface area contributed by atoms with Gasteiger partial charge in [-0.15, -0.1) is 0 Å². The van der Waals surface area contributed by atoms with Gasteiger partial charge < -0.3 is 14.4 Å². The molecule has 0 fully saturated rings. The van der Waals surface area contributed by atoms with Crippen LogP contribution in [0.15, 0.2) is 18.2 Å². The number of hydrogen-bond acceptors (Lipinski definition) is 3. The summed E-state index contributed by atoms with van der Waals surface area (Å²) < 4.78 is 10.7. The van der Waals surface area contributed by atoms with E-state index < -0.39 is 0 Å². The first-order valence-corrected chi connectivity index (χ1v) is 4.79. The Labute approximate surface area is 88.4 Å². The summed E-state index contributed by atoms with van der Waals surface area (Å²) in [7, 11) is 3.33. The molecule has 0 saturated carbocycles. The van der Waals surface area contributed by atoms with Gasteiger partial charge in [0.25, 0.3) is 5.91 Å². The molecule has 0 radical (unpaired) electrons. The molecule has 0 saturated heterocycles. The molecular weight excluding hydrogens is 194 g/mol. The summed E-state index contributed by atoms with van der Waals surface area (Å²) in [6, 6.07) is 5.33. The van der Waals surface area contributed by atoms with Gasteiger partial charge in [-0.05, 0) is 12.1 Å². The van der Waals surface area contributed by atoms with Crippen LogP contribution in [0.4, 0.5) is 0 Å². The molecule has 1 aliphatic heterocycles. The Bertz CT molecular complexity index is 389. The fraction of sp³-hybridized carbons (Fsp3) is 0.364. The Balaban J connectivity index is 2.52. The molecule has 0 bridgehead atoms. The third-order valence-corrected chi connectivity index (χ3v) is 2.45. The van der Waals surface area contributed by atoms with Crippen LogP contribution in [-0.4, -0.2) is 38.1 Å². The van der Waals surface area contributed by atoms with Gasteiger partial charge in [0.1, 0.15) is 6.61 Å². The van der Waals surface area contributed by atoms with Crippen molar-refractivity contribution in [1.29, 1.82) is 0 Å². The average Bonchev–Trinajstić information content (AvgIpc) is 2.40. The highest BCUT2D eigenvalue weighted by molar-refractivity contribution is 5.98. The predicted octanol–water partition coefficient (Wildman–Crippen LogP) is 1.16. The third kappa shape index (κ3) is 1.63. The van der Waals surface area contributed by atoms with E-state index in [9.17, 15) is 4.79 Å². The number of methoxy groups -OCH3 is 1. The fourth-order valence-electron chi connectivity index (χ4n) is 1.59. The Hall–Kier alpha value is -1.71. The van der Waals surface area contributed by atoms with Crippen molar-refractivity contribution in [3.05, 3.63) is 23.8 Å². The van der Waals surface area contributed by atoms with Crippen LogP contribution in [0.5, 0.6) is 11.5 Å². The van der Waals surface area contributed by atoms with Gasteiger partial charge >= 0.3 is 0 Å². The van der Waals surface area contributed by atoms with E-state index in [0.29, 0.717) is 30.2 Å². The Morgan fingerprint density at radius 1 is 1.47 bits per heavy atom. The van der Waals surface area contributed by atoms with Gasteiger partial charge in [-0.1, -0.05) is 6.07 Å². The summed E-state index contributed by atoms with van der Waals surface area (Å²) >= 11 is 0. The quantitative estimate of drug-likeness (QED) is 0.693. The summed E-state index contributed by atoms with van der Waals surface area (Å²) in [4.78, 5) is 13.5. The second-order valence-corrected chi connectivity index (χ2v) is 3.41. The number of benzene rings is 1. The number of hydrogen-bond donors (Lipinski definition) is 0. The summed E-state index contributed by atoms with van der Waals surface area (Å²) in [5.41, 5.74) is 0.564. The van der Waals surface area contributed by atoms with Gasteiger partial charge in [0.05, 0.1) is 19.2 Å². The summed E-state index contributed by atoms with van der Waals surface area (Å²) in [6.45, 7) is 1.09. The first kappa shape index (κ1) is 9.83. The van der Waals surface area contributed by atoms with Gasteiger partial charge in [0.2, 0.25) is 0 Å². The summed E-state index contributed by atoms with van der Waals surface area (Å²) in [5, 5.41) is 0. The van der Waals surface area contributed by atoms with E-state index in [-0.39, 0.29) is 5.91 Å². The molecule has 4 heteroatoms. The highest BCUT2D eigenvalue weighted by Gasteiger charge is 2.23. The van der Waals surface area contributed by atoms with Gasteiger partial charge in [0, 0.05) is 7.05 Å². The van der Waals surface area contributed by atoms with Gasteiger partial charge in [0.15, 0.2) is 11.5 Å². The van der Waals surface area contributed by atoms with Crippen LogP contribution in [0.3, 0.4) is 0 Å². The Kier molecular flexibility index (Phi) is 2.49. The van der Waals surface area contributed by atoms with Crippen LogP contribution in [0, 0.1) is 0 Å². The maximum atomic E-state index is 11.9. The molecule has 15 heavy (non-hydrogen) atoms. The fourth-order valence-corrected chi connectivity index (χ4v) is 1.59. The zero-order valence-corrected chi connectivity index (χ0v) is 8.82. The summed E-state index contributed by atoms with van der Waals surface area (Å²) in [5.74, 6) is 1.13. The lowest BCUT2D eigenvalue weighted by molar-refractivity contribution is 0.0797. The Morgan fingerprint density at radius 2 is 2.27 bits per heavy atom. The standard InChI is InChI=1S/C11H13NO3/c1-12-6-7-15-10-8(11(12)13)4-3-5-9(10)14-2/h3-5H,6-7H2,1-2H3. The molecule has 1 aromatic carbocycles. The van der Waals surface area contributed by atoms with Gasteiger partial charge in [-0.3, -0.25) is 4.79 Å². The second kappa shape index (κ2) is 3.81. The number of carbonyl (C=O) groups excluding carboxylic acids is 1. The van der Waals surface area contributed by atoms with E-state index in [0.717, 1.165) is 0 Å². The third-order valence-electron chi connectivity index (χ3n) is 2.45. The summed E-state index contributed by atoms with van der Waals surface area (Å²) in [6.07, 6.45) is 0. The van der Waals surface area contributed by atoms with Crippen molar-refractivity contribution in [2.45, 2.75) is 0 Å². The van der Waals surface area contributed by atoms with Crippen LogP contribution in [0.1, 0.15) is 10.4 Å². The number of amides is 1. The molecule has 0 aromatic heterocycles. The largest absolute Gasteiger partial charge is 0.493 e. The first-order valence-electron chi connectivity index (χ1n) is 4.79. The molecule has 1 amide bonds. The molecular formula is C11H13NO3. The van der Waals surface area contributed by atoms with E-state index in [4.69, 9.17) is 9.47 Å². The predicted molar refractivity (Wildman–Crippen MR) is 55.4 cm³/mol. The van der Waals surface area contributed by atoms with Crippen molar-refractivity contribution in [3.8, 4) is 11.5 Å². The lowest BCUT2D eigenvalue weighted by atomic mass is 10.1. The number of nitrogens with zero attached hydrogens (tertiary/aromatic N) is 1. The zero-order chi connectivity index (χ0) is 10.8. The van der Waals surface area contributed by atoms with E-state index in [1.165, 1.54) is 0 Å². The van der Waals surface area contributed by atoms with Crippen molar-refractivity contribution in [2.75, 3.05) is 27.3 Å². The van der Waals surface area contributed by atoms with Gasteiger partial charge in [-0.25, -0.2) is 0 Å². The molecule has 0 unspecified atom stereocenters. The molecule has 4 nitrogen and oxygen atoms in total. The number of rotatable bonds is 1. The minimum absolute atomic E-state index is 0.0265. The van der Waals surface area contributed by atoms with Crippen LogP contribution in [0.2, 0.25) is 0 Å². The maximum absolute atomic E-state index is 11.9. The highest BCUT2D eigenvalue weighted by Crippen LogP contribution is 2.32. The minimum Gasteiger partial charge on any atom is -0.493 e. The monoisotopic (exact) mass is 207 g/mol. The number of carbonyl (C=O) groups is 1. The van der Waals surface area contributed by atoms with E-state index in [1.807, 2.05) is 0 Å². The topological polar surface area (TPSA) is 38.8 Å². The van der Waals surface area contributed by atoms with Crippen molar-refractivity contribution in [3.63, 3.8) is 0 Å². The Morgan fingerprint density at radius 3 is 3.00 bits per heavy atom. The second-order valence-electron chi connectivity index (χ2n) is 3.41. The molecule has 0 aliphatic carbocycles. The number of ether oxygens (including phenoxy) is 2. The van der Waals surface area contributed by atoms with E-state index in [1.54, 1.807) is 37.3 Å². The van der Waals surface area contributed by atoms with Crippen LogP contribution < -0.4 is 9.47 Å². The van der Waals surface area contributed by atoms with Crippen molar-refractivity contribution >= 4 is 5.91 Å². The van der Waals surface area contributed by atoms with E-state index in [2.05, 4.69) is 0 Å². The normalized spacial score (nSPS) is 15.3. The van der Waals surface area contributed by atoms with Crippen molar-refractivity contribution < 1.29 is 14.3 Å². The van der Waals surface area contributed by atoms with Crippen LogP contribution in [-0.2, 0) is 0 Å². The van der Waals surface area contributed by atoms with Crippen LogP contribution >= 0.6 is 0 Å². The molecule has 0 atom stereocenters. The molecule has 1 heterocycles. The highest BCUT2D eigenvalue weighted by atomic mass is 16.5. The van der Waals surface area contributed by atoms with Crippen molar-refractivity contribution in [2.24, 2.45) is 0 Å². The minimum atomic E-state index is -0.0265. The number of fused-ring (bicyclic) bond motifs is 1. The number of likely N-dealkylation sites (N-methyl/N-ethyl adjacent to an activating group) is 1. The molecule has 2 rings (SSSR count). The molecule has 1 aromatic rings. The lowest BCUT2D eigenvalue weighted by Gasteiger charge is -2.12. The molecule has 80 valence electrons. The first-order chi connectivity index (χ1) is 7.24. The van der Waals surface area contributed by atoms with E-state index >= 15 is 0 Å². The zero-order valence-electron chi connectivity index (χ0n) is 8.82. The number of para-hydroxylation sites is 1. The molecule has 0 spiro atoms.